The third kappa shape index (κ3) is 2.71. The summed E-state index contributed by atoms with van der Waals surface area (Å²) in [5.74, 6) is -0.910. The summed E-state index contributed by atoms with van der Waals surface area (Å²) in [5.41, 5.74) is 0. The molecule has 13 heavy (non-hydrogen) atoms. The van der Waals surface area contributed by atoms with E-state index in [1.54, 1.807) is 37.3 Å². The first-order chi connectivity index (χ1) is 6.24. The molecular weight excluding hydrogens is 168 g/mol. The van der Waals surface area contributed by atoms with Gasteiger partial charge < -0.3 is 4.74 Å². The van der Waals surface area contributed by atoms with Crippen molar-refractivity contribution >= 4 is 11.8 Å². The summed E-state index contributed by atoms with van der Waals surface area (Å²) in [4.78, 5) is 21.8. The normalized spacial score (nSPS) is 9.31. The van der Waals surface area contributed by atoms with Crippen LogP contribution in [0.5, 0.6) is 5.75 Å². The molecule has 1 rings (SSSR count). The topological polar surface area (TPSA) is 43.4 Å². The number of ether oxygens (including phenoxy) is 1. The molecule has 0 amide bonds. The van der Waals surface area contributed by atoms with Crippen molar-refractivity contribution < 1.29 is 14.3 Å². The first kappa shape index (κ1) is 9.45. The number of benzene rings is 1. The molecule has 0 heterocycles. The van der Waals surface area contributed by atoms with Crippen LogP contribution >= 0.6 is 0 Å². The lowest BCUT2D eigenvalue weighted by atomic mass is 10.3. The number of carbonyl (C=O) groups excluding carboxylic acids is 2. The molecule has 0 unspecified atom stereocenters. The van der Waals surface area contributed by atoms with Crippen LogP contribution in [0.4, 0.5) is 0 Å². The molecule has 0 saturated heterocycles. The molecule has 3 heteroatoms. The van der Waals surface area contributed by atoms with Crippen LogP contribution in [-0.2, 0) is 9.59 Å². The van der Waals surface area contributed by atoms with Crippen molar-refractivity contribution in [2.75, 3.05) is 0 Å². The molecule has 1 aromatic carbocycles. The van der Waals surface area contributed by atoms with E-state index >= 15 is 0 Å². The highest BCUT2D eigenvalue weighted by molar-refractivity contribution is 6.34. The Hall–Kier alpha value is -1.64. The van der Waals surface area contributed by atoms with Gasteiger partial charge in [0.25, 0.3) is 0 Å². The predicted octanol–water partition coefficient (Wildman–Crippen LogP) is 1.57. The zero-order valence-electron chi connectivity index (χ0n) is 7.32. The van der Waals surface area contributed by atoms with E-state index in [9.17, 15) is 9.59 Å². The van der Waals surface area contributed by atoms with Crippen LogP contribution < -0.4 is 4.74 Å². The standard InChI is InChI=1S/C10H10O3/c1-2-9(11)10(12)13-8-6-4-3-5-7-8/h3-7H,2H2,1H3. The average molecular weight is 178 g/mol. The lowest BCUT2D eigenvalue weighted by molar-refractivity contribution is -0.146. The molecule has 0 aromatic heterocycles. The molecule has 0 fully saturated rings. The van der Waals surface area contributed by atoms with Gasteiger partial charge >= 0.3 is 5.97 Å². The number of ketones is 1. The van der Waals surface area contributed by atoms with Crippen LogP contribution in [0.3, 0.4) is 0 Å². The van der Waals surface area contributed by atoms with Gasteiger partial charge in [-0.2, -0.15) is 0 Å². The SMILES string of the molecule is CCC(=O)C(=O)Oc1ccccc1. The summed E-state index contributed by atoms with van der Waals surface area (Å²) in [6, 6.07) is 8.53. The van der Waals surface area contributed by atoms with Gasteiger partial charge in [0.05, 0.1) is 0 Å². The van der Waals surface area contributed by atoms with Gasteiger partial charge in [-0.05, 0) is 12.1 Å². The number of para-hydroxylation sites is 1. The van der Waals surface area contributed by atoms with Crippen LogP contribution in [0.15, 0.2) is 30.3 Å². The number of carbonyl (C=O) groups is 2. The van der Waals surface area contributed by atoms with E-state index in [-0.39, 0.29) is 6.42 Å². The van der Waals surface area contributed by atoms with Gasteiger partial charge in [-0.15, -0.1) is 0 Å². The summed E-state index contributed by atoms with van der Waals surface area (Å²) < 4.78 is 4.78. The molecule has 68 valence electrons. The van der Waals surface area contributed by atoms with Gasteiger partial charge in [0.2, 0.25) is 5.78 Å². The molecule has 0 bridgehead atoms. The maximum absolute atomic E-state index is 11.0. The zero-order valence-corrected chi connectivity index (χ0v) is 7.32. The van der Waals surface area contributed by atoms with Crippen LogP contribution in [0, 0.1) is 0 Å². The average Bonchev–Trinajstić information content (AvgIpc) is 2.18. The Morgan fingerprint density at radius 3 is 2.38 bits per heavy atom. The van der Waals surface area contributed by atoms with E-state index in [1.807, 2.05) is 0 Å². The van der Waals surface area contributed by atoms with E-state index in [0.717, 1.165) is 0 Å². The molecule has 0 aliphatic carbocycles. The number of hydrogen-bond acceptors (Lipinski definition) is 3. The second-order valence-corrected chi connectivity index (χ2v) is 2.48. The molecular formula is C10H10O3. The minimum absolute atomic E-state index is 0.172. The quantitative estimate of drug-likeness (QED) is 0.401. The zero-order chi connectivity index (χ0) is 9.68. The highest BCUT2D eigenvalue weighted by Crippen LogP contribution is 2.08. The Kier molecular flexibility index (Phi) is 3.20. The van der Waals surface area contributed by atoms with E-state index in [4.69, 9.17) is 4.74 Å². The Morgan fingerprint density at radius 1 is 1.23 bits per heavy atom. The second-order valence-electron chi connectivity index (χ2n) is 2.48. The predicted molar refractivity (Wildman–Crippen MR) is 47.4 cm³/mol. The van der Waals surface area contributed by atoms with Gasteiger partial charge in [-0.3, -0.25) is 4.79 Å². The summed E-state index contributed by atoms with van der Waals surface area (Å²) in [6.07, 6.45) is 0.172. The van der Waals surface area contributed by atoms with Gasteiger partial charge in [0, 0.05) is 6.42 Å². The number of hydrogen-bond donors (Lipinski definition) is 0. The minimum atomic E-state index is -0.797. The van der Waals surface area contributed by atoms with Crippen LogP contribution in [0.2, 0.25) is 0 Å². The van der Waals surface area contributed by atoms with Crippen molar-refractivity contribution in [1.82, 2.24) is 0 Å². The Bertz CT molecular complexity index is 303. The fourth-order valence-electron chi connectivity index (χ4n) is 0.797. The first-order valence-corrected chi connectivity index (χ1v) is 4.04. The second kappa shape index (κ2) is 4.40. The van der Waals surface area contributed by atoms with Crippen molar-refractivity contribution in [1.29, 1.82) is 0 Å². The number of rotatable bonds is 3. The van der Waals surface area contributed by atoms with Crippen molar-refractivity contribution in [2.24, 2.45) is 0 Å². The summed E-state index contributed by atoms with van der Waals surface area (Å²) >= 11 is 0. The molecule has 0 aliphatic heterocycles. The lowest BCUT2D eigenvalue weighted by Crippen LogP contribution is -2.18. The summed E-state index contributed by atoms with van der Waals surface area (Å²) in [5, 5.41) is 0. The molecule has 0 atom stereocenters. The van der Waals surface area contributed by atoms with Crippen LogP contribution in [0.1, 0.15) is 13.3 Å². The van der Waals surface area contributed by atoms with Gasteiger partial charge in [0.15, 0.2) is 0 Å². The summed E-state index contributed by atoms with van der Waals surface area (Å²) in [7, 11) is 0. The van der Waals surface area contributed by atoms with Crippen molar-refractivity contribution in [3.8, 4) is 5.75 Å². The molecule has 0 spiro atoms. The van der Waals surface area contributed by atoms with Gasteiger partial charge in [-0.1, -0.05) is 25.1 Å². The summed E-state index contributed by atoms with van der Waals surface area (Å²) in [6.45, 7) is 1.62. The van der Waals surface area contributed by atoms with Gasteiger partial charge in [0.1, 0.15) is 5.75 Å². The fraction of sp³-hybridized carbons (Fsp3) is 0.200. The largest absolute Gasteiger partial charge is 0.421 e. The lowest BCUT2D eigenvalue weighted by Gasteiger charge is -2.00. The Morgan fingerprint density at radius 2 is 1.85 bits per heavy atom. The molecule has 1 aromatic rings. The molecule has 0 saturated carbocycles. The highest BCUT2D eigenvalue weighted by Gasteiger charge is 2.12. The number of esters is 1. The van der Waals surface area contributed by atoms with Crippen LogP contribution in [-0.4, -0.2) is 11.8 Å². The smallest absolute Gasteiger partial charge is 0.379 e. The van der Waals surface area contributed by atoms with Crippen LogP contribution in [0.25, 0.3) is 0 Å². The third-order valence-corrected chi connectivity index (χ3v) is 1.50. The highest BCUT2D eigenvalue weighted by atomic mass is 16.5. The third-order valence-electron chi connectivity index (χ3n) is 1.50. The number of Topliss-reactive ketones (excluding diaryl/α,β-unsaturated/α-hetero) is 1. The maximum Gasteiger partial charge on any atom is 0.379 e. The molecule has 0 aliphatic rings. The van der Waals surface area contributed by atoms with E-state index in [2.05, 4.69) is 0 Å². The maximum atomic E-state index is 11.0. The Balaban J connectivity index is 2.60. The fourth-order valence-corrected chi connectivity index (χ4v) is 0.797. The molecule has 0 radical (unpaired) electrons. The van der Waals surface area contributed by atoms with Crippen molar-refractivity contribution in [2.45, 2.75) is 13.3 Å². The van der Waals surface area contributed by atoms with E-state index < -0.39 is 11.8 Å². The minimum Gasteiger partial charge on any atom is -0.421 e. The molecule has 0 N–H and O–H groups in total. The van der Waals surface area contributed by atoms with Gasteiger partial charge in [-0.25, -0.2) is 4.79 Å². The van der Waals surface area contributed by atoms with E-state index in [1.165, 1.54) is 0 Å². The van der Waals surface area contributed by atoms with Crippen molar-refractivity contribution in [3.63, 3.8) is 0 Å². The molecule has 3 nitrogen and oxygen atoms in total. The monoisotopic (exact) mass is 178 g/mol. The first-order valence-electron chi connectivity index (χ1n) is 4.04. The Labute approximate surface area is 76.3 Å². The van der Waals surface area contributed by atoms with E-state index in [0.29, 0.717) is 5.75 Å². The van der Waals surface area contributed by atoms with Crippen molar-refractivity contribution in [3.05, 3.63) is 30.3 Å².